The van der Waals surface area contributed by atoms with Crippen molar-refractivity contribution < 1.29 is 9.13 Å². The second kappa shape index (κ2) is 9.32. The number of halogens is 1. The Bertz CT molecular complexity index is 879. The van der Waals surface area contributed by atoms with Crippen molar-refractivity contribution in [2.45, 2.75) is 17.5 Å². The minimum Gasteiger partial charge on any atom is -0.379 e. The van der Waals surface area contributed by atoms with Crippen molar-refractivity contribution in [3.05, 3.63) is 66.0 Å². The van der Waals surface area contributed by atoms with Crippen molar-refractivity contribution in [1.29, 1.82) is 0 Å². The number of rotatable bonds is 7. The predicted molar refractivity (Wildman–Crippen MR) is 109 cm³/mol. The monoisotopic (exact) mass is 398 g/mol. The molecule has 4 rings (SSSR count). The first-order valence-corrected chi connectivity index (χ1v) is 10.4. The third kappa shape index (κ3) is 4.79. The van der Waals surface area contributed by atoms with Gasteiger partial charge in [-0.3, -0.25) is 4.90 Å². The maximum atomic E-state index is 13.3. The summed E-state index contributed by atoms with van der Waals surface area (Å²) >= 11 is 1.68. The lowest BCUT2D eigenvalue weighted by Gasteiger charge is -2.27. The molecule has 5 nitrogen and oxygen atoms in total. The predicted octanol–water partition coefficient (Wildman–Crippen LogP) is 3.71. The molecular formula is C21H23FN4OS. The molecule has 0 N–H and O–H groups in total. The molecule has 1 aromatic heterocycles. The van der Waals surface area contributed by atoms with E-state index in [1.165, 1.54) is 17.7 Å². The highest BCUT2D eigenvalue weighted by molar-refractivity contribution is 7.98. The largest absolute Gasteiger partial charge is 0.379 e. The van der Waals surface area contributed by atoms with Crippen LogP contribution in [-0.2, 0) is 17.0 Å². The normalized spacial score (nSPS) is 15.0. The summed E-state index contributed by atoms with van der Waals surface area (Å²) < 4.78 is 20.9. The van der Waals surface area contributed by atoms with Crippen LogP contribution in [0.3, 0.4) is 0 Å². The summed E-state index contributed by atoms with van der Waals surface area (Å²) in [5, 5.41) is 9.74. The number of benzene rings is 2. The van der Waals surface area contributed by atoms with Gasteiger partial charge in [0.1, 0.15) is 5.82 Å². The van der Waals surface area contributed by atoms with E-state index in [4.69, 9.17) is 4.74 Å². The van der Waals surface area contributed by atoms with Crippen LogP contribution in [0, 0.1) is 5.82 Å². The van der Waals surface area contributed by atoms with Crippen molar-refractivity contribution in [2.75, 3.05) is 32.8 Å². The van der Waals surface area contributed by atoms with Gasteiger partial charge in [0, 0.05) is 37.5 Å². The Labute approximate surface area is 168 Å². The average Bonchev–Trinajstić information content (AvgIpc) is 3.15. The van der Waals surface area contributed by atoms with Crippen LogP contribution in [0.25, 0.3) is 11.4 Å². The molecule has 0 atom stereocenters. The van der Waals surface area contributed by atoms with Crippen LogP contribution in [0.1, 0.15) is 5.56 Å². The zero-order valence-electron chi connectivity index (χ0n) is 15.6. The van der Waals surface area contributed by atoms with Crippen molar-refractivity contribution in [2.24, 2.45) is 0 Å². The number of aromatic nitrogens is 3. The number of thioether (sulfide) groups is 1. The lowest BCUT2D eigenvalue weighted by atomic mass is 10.2. The van der Waals surface area contributed by atoms with Crippen LogP contribution in [0.2, 0.25) is 0 Å². The van der Waals surface area contributed by atoms with Gasteiger partial charge in [-0.15, -0.1) is 10.2 Å². The number of hydrogen-bond acceptors (Lipinski definition) is 5. The topological polar surface area (TPSA) is 43.2 Å². The standard InChI is InChI=1S/C21H23FN4OS/c22-19-8-6-18(7-9-19)20-23-24-21(28-16-17-4-2-1-3-5-17)26(20)11-10-25-12-14-27-15-13-25/h1-9H,10-16H2. The molecule has 0 spiro atoms. The maximum Gasteiger partial charge on any atom is 0.191 e. The molecule has 0 radical (unpaired) electrons. The molecule has 0 bridgehead atoms. The molecule has 7 heteroatoms. The molecule has 0 amide bonds. The second-order valence-electron chi connectivity index (χ2n) is 6.69. The van der Waals surface area contributed by atoms with Gasteiger partial charge in [0.25, 0.3) is 0 Å². The molecule has 146 valence electrons. The smallest absolute Gasteiger partial charge is 0.191 e. The van der Waals surface area contributed by atoms with Crippen molar-refractivity contribution in [3.8, 4) is 11.4 Å². The Morgan fingerprint density at radius 2 is 1.68 bits per heavy atom. The minimum atomic E-state index is -0.248. The third-order valence-electron chi connectivity index (χ3n) is 4.77. The van der Waals surface area contributed by atoms with E-state index < -0.39 is 0 Å². The third-order valence-corrected chi connectivity index (χ3v) is 5.81. The Balaban J connectivity index is 1.54. The number of ether oxygens (including phenoxy) is 1. The zero-order chi connectivity index (χ0) is 19.2. The van der Waals surface area contributed by atoms with E-state index in [0.29, 0.717) is 0 Å². The number of hydrogen-bond donors (Lipinski definition) is 0. The molecule has 1 aliphatic heterocycles. The Morgan fingerprint density at radius 3 is 2.43 bits per heavy atom. The molecule has 3 aromatic rings. The van der Waals surface area contributed by atoms with E-state index in [2.05, 4.69) is 31.8 Å². The van der Waals surface area contributed by atoms with Crippen molar-refractivity contribution in [3.63, 3.8) is 0 Å². The molecular weight excluding hydrogens is 375 g/mol. The quantitative estimate of drug-likeness (QED) is 0.568. The molecule has 1 aliphatic rings. The Kier molecular flexibility index (Phi) is 6.36. The summed E-state index contributed by atoms with van der Waals surface area (Å²) in [4.78, 5) is 2.39. The van der Waals surface area contributed by atoms with Crippen molar-refractivity contribution in [1.82, 2.24) is 19.7 Å². The lowest BCUT2D eigenvalue weighted by Crippen LogP contribution is -2.38. The van der Waals surface area contributed by atoms with E-state index in [0.717, 1.165) is 61.7 Å². The van der Waals surface area contributed by atoms with Gasteiger partial charge in [-0.1, -0.05) is 42.1 Å². The molecule has 28 heavy (non-hydrogen) atoms. The highest BCUT2D eigenvalue weighted by Gasteiger charge is 2.17. The Hall–Kier alpha value is -2.22. The SMILES string of the molecule is Fc1ccc(-c2nnc(SCc3ccccc3)n2CCN2CCOCC2)cc1. The van der Waals surface area contributed by atoms with Gasteiger partial charge >= 0.3 is 0 Å². The highest BCUT2D eigenvalue weighted by Crippen LogP contribution is 2.26. The van der Waals surface area contributed by atoms with Crippen LogP contribution >= 0.6 is 11.8 Å². The summed E-state index contributed by atoms with van der Waals surface area (Å²) in [6.07, 6.45) is 0. The van der Waals surface area contributed by atoms with Crippen LogP contribution in [0.5, 0.6) is 0 Å². The molecule has 1 fully saturated rings. The number of nitrogens with zero attached hydrogens (tertiary/aromatic N) is 4. The molecule has 0 unspecified atom stereocenters. The summed E-state index contributed by atoms with van der Waals surface area (Å²) in [7, 11) is 0. The molecule has 0 saturated carbocycles. The minimum absolute atomic E-state index is 0.248. The van der Waals surface area contributed by atoms with Crippen LogP contribution in [0.15, 0.2) is 59.8 Å². The van der Waals surface area contributed by atoms with E-state index in [-0.39, 0.29) is 5.82 Å². The summed E-state index contributed by atoms with van der Waals surface area (Å²) in [5.74, 6) is 1.37. The zero-order valence-corrected chi connectivity index (χ0v) is 16.4. The van der Waals surface area contributed by atoms with Gasteiger partial charge in [-0.05, 0) is 29.8 Å². The second-order valence-corrected chi connectivity index (χ2v) is 7.64. The van der Waals surface area contributed by atoms with Gasteiger partial charge < -0.3 is 9.30 Å². The van der Waals surface area contributed by atoms with Gasteiger partial charge in [-0.25, -0.2) is 4.39 Å². The first kappa shape index (κ1) is 19.1. The fraction of sp³-hybridized carbons (Fsp3) is 0.333. The van der Waals surface area contributed by atoms with E-state index in [1.807, 2.05) is 18.2 Å². The summed E-state index contributed by atoms with van der Waals surface area (Å²) in [6, 6.07) is 16.8. The van der Waals surface area contributed by atoms with Crippen LogP contribution in [0.4, 0.5) is 4.39 Å². The summed E-state index contributed by atoms with van der Waals surface area (Å²) in [6.45, 7) is 5.15. The van der Waals surface area contributed by atoms with Gasteiger partial charge in [-0.2, -0.15) is 0 Å². The van der Waals surface area contributed by atoms with Crippen LogP contribution < -0.4 is 0 Å². The van der Waals surface area contributed by atoms with Gasteiger partial charge in [0.05, 0.1) is 13.2 Å². The van der Waals surface area contributed by atoms with E-state index in [9.17, 15) is 4.39 Å². The number of morpholine rings is 1. The average molecular weight is 399 g/mol. The fourth-order valence-electron chi connectivity index (χ4n) is 3.20. The Morgan fingerprint density at radius 1 is 0.929 bits per heavy atom. The molecule has 1 saturated heterocycles. The lowest BCUT2D eigenvalue weighted by molar-refractivity contribution is 0.0361. The van der Waals surface area contributed by atoms with Crippen molar-refractivity contribution >= 4 is 11.8 Å². The summed E-state index contributed by atoms with van der Waals surface area (Å²) in [5.41, 5.74) is 2.13. The van der Waals surface area contributed by atoms with E-state index >= 15 is 0 Å². The van der Waals surface area contributed by atoms with Gasteiger partial charge in [0.2, 0.25) is 0 Å². The molecule has 2 aromatic carbocycles. The first-order chi connectivity index (χ1) is 13.8. The fourth-order valence-corrected chi connectivity index (χ4v) is 4.12. The maximum absolute atomic E-state index is 13.3. The van der Waals surface area contributed by atoms with Crippen LogP contribution in [-0.4, -0.2) is 52.5 Å². The first-order valence-electron chi connectivity index (χ1n) is 9.45. The molecule has 0 aliphatic carbocycles. The molecule has 2 heterocycles. The highest BCUT2D eigenvalue weighted by atomic mass is 32.2. The van der Waals surface area contributed by atoms with Gasteiger partial charge in [0.15, 0.2) is 11.0 Å². The van der Waals surface area contributed by atoms with E-state index in [1.54, 1.807) is 23.9 Å².